The number of fused-ring (bicyclic) bond motifs is 1. The lowest BCUT2D eigenvalue weighted by atomic mass is 10.1. The summed E-state index contributed by atoms with van der Waals surface area (Å²) in [5, 5.41) is 8.64. The summed E-state index contributed by atoms with van der Waals surface area (Å²) in [6.45, 7) is 0.736. The molecule has 0 unspecified atom stereocenters. The number of thioether (sulfide) groups is 1. The van der Waals surface area contributed by atoms with E-state index in [1.54, 1.807) is 11.8 Å². The first-order chi connectivity index (χ1) is 7.27. The molecule has 1 aromatic rings. The van der Waals surface area contributed by atoms with Gasteiger partial charge < -0.3 is 9.84 Å². The van der Waals surface area contributed by atoms with Gasteiger partial charge in [0.1, 0.15) is 5.75 Å². The first kappa shape index (κ1) is 10.4. The quantitative estimate of drug-likeness (QED) is 0.855. The highest BCUT2D eigenvalue weighted by Crippen LogP contribution is 2.36. The third-order valence-corrected chi connectivity index (χ3v) is 3.38. The number of ether oxygens (including phenoxy) is 1. The van der Waals surface area contributed by atoms with Crippen LogP contribution in [0.3, 0.4) is 0 Å². The van der Waals surface area contributed by atoms with Gasteiger partial charge in [-0.3, -0.25) is 4.79 Å². The van der Waals surface area contributed by atoms with Crippen LogP contribution in [-0.4, -0.2) is 23.4 Å². The highest BCUT2D eigenvalue weighted by Gasteiger charge is 2.14. The molecule has 1 N–H and O–H groups in total. The van der Waals surface area contributed by atoms with Crippen LogP contribution < -0.4 is 4.74 Å². The Morgan fingerprint density at radius 2 is 2.40 bits per heavy atom. The summed E-state index contributed by atoms with van der Waals surface area (Å²) in [6, 6.07) is 5.83. The zero-order valence-corrected chi connectivity index (χ0v) is 9.05. The number of carbonyl (C=O) groups is 1. The van der Waals surface area contributed by atoms with Crippen molar-refractivity contribution in [3.05, 3.63) is 23.8 Å². The van der Waals surface area contributed by atoms with Crippen molar-refractivity contribution in [3.8, 4) is 5.75 Å². The van der Waals surface area contributed by atoms with Gasteiger partial charge in [-0.05, 0) is 18.1 Å². The fourth-order valence-electron chi connectivity index (χ4n) is 1.57. The molecule has 0 spiro atoms. The molecule has 0 saturated carbocycles. The van der Waals surface area contributed by atoms with E-state index in [9.17, 15) is 4.79 Å². The second-order valence-electron chi connectivity index (χ2n) is 3.34. The second kappa shape index (κ2) is 4.57. The lowest BCUT2D eigenvalue weighted by molar-refractivity contribution is -0.136. The molecule has 0 fully saturated rings. The molecule has 0 saturated heterocycles. The fourth-order valence-corrected chi connectivity index (χ4v) is 2.57. The molecule has 3 nitrogen and oxygen atoms in total. The Labute approximate surface area is 92.4 Å². The molecule has 0 bridgehead atoms. The van der Waals surface area contributed by atoms with Crippen LogP contribution in [-0.2, 0) is 11.2 Å². The van der Waals surface area contributed by atoms with E-state index in [0.29, 0.717) is 6.42 Å². The monoisotopic (exact) mass is 224 g/mol. The van der Waals surface area contributed by atoms with Gasteiger partial charge in [-0.2, -0.15) is 0 Å². The van der Waals surface area contributed by atoms with Crippen LogP contribution in [0.15, 0.2) is 23.1 Å². The molecular weight excluding hydrogens is 212 g/mol. The van der Waals surface area contributed by atoms with Crippen molar-refractivity contribution in [1.29, 1.82) is 0 Å². The third kappa shape index (κ3) is 2.45. The van der Waals surface area contributed by atoms with Crippen molar-refractivity contribution >= 4 is 17.7 Å². The smallest absolute Gasteiger partial charge is 0.303 e. The lowest BCUT2D eigenvalue weighted by Crippen LogP contribution is -2.08. The van der Waals surface area contributed by atoms with Crippen LogP contribution in [0.1, 0.15) is 12.0 Å². The second-order valence-corrected chi connectivity index (χ2v) is 4.44. The molecule has 15 heavy (non-hydrogen) atoms. The number of carboxylic acids is 1. The summed E-state index contributed by atoms with van der Waals surface area (Å²) in [5.41, 5.74) is 1.08. The highest BCUT2D eigenvalue weighted by molar-refractivity contribution is 7.99. The van der Waals surface area contributed by atoms with Gasteiger partial charge >= 0.3 is 5.97 Å². The predicted molar refractivity (Wildman–Crippen MR) is 58.6 cm³/mol. The average Bonchev–Trinajstić information content (AvgIpc) is 2.26. The van der Waals surface area contributed by atoms with E-state index < -0.39 is 5.97 Å². The number of carboxylic acid groups (broad SMARTS) is 1. The zero-order valence-electron chi connectivity index (χ0n) is 8.23. The van der Waals surface area contributed by atoms with E-state index in [4.69, 9.17) is 9.84 Å². The van der Waals surface area contributed by atoms with Gasteiger partial charge in [-0.15, -0.1) is 11.8 Å². The minimum atomic E-state index is -0.755. The number of rotatable bonds is 3. The van der Waals surface area contributed by atoms with Gasteiger partial charge in [-0.25, -0.2) is 0 Å². The van der Waals surface area contributed by atoms with Crippen LogP contribution in [0.4, 0.5) is 0 Å². The maximum atomic E-state index is 10.5. The topological polar surface area (TPSA) is 46.5 Å². The van der Waals surface area contributed by atoms with Crippen molar-refractivity contribution in [2.24, 2.45) is 0 Å². The summed E-state index contributed by atoms with van der Waals surface area (Å²) in [6.07, 6.45) is 0.756. The van der Waals surface area contributed by atoms with Gasteiger partial charge in [0.15, 0.2) is 0 Å². The normalized spacial score (nSPS) is 14.1. The van der Waals surface area contributed by atoms with Crippen molar-refractivity contribution in [3.63, 3.8) is 0 Å². The standard InChI is InChI=1S/C11H12O3S/c12-10(13)5-4-8-2-1-3-9-11(8)15-7-6-14-9/h1-3H,4-7H2,(H,12,13). The first-order valence-corrected chi connectivity index (χ1v) is 5.85. The Morgan fingerprint density at radius 3 is 3.20 bits per heavy atom. The predicted octanol–water partition coefficient (Wildman–Crippen LogP) is 2.19. The van der Waals surface area contributed by atoms with E-state index in [2.05, 4.69) is 0 Å². The highest BCUT2D eigenvalue weighted by atomic mass is 32.2. The van der Waals surface area contributed by atoms with Crippen molar-refractivity contribution in [2.75, 3.05) is 12.4 Å². The van der Waals surface area contributed by atoms with Crippen LogP contribution in [0.5, 0.6) is 5.75 Å². The molecule has 2 rings (SSSR count). The third-order valence-electron chi connectivity index (χ3n) is 2.26. The van der Waals surface area contributed by atoms with E-state index in [-0.39, 0.29) is 6.42 Å². The van der Waals surface area contributed by atoms with Gasteiger partial charge in [-0.1, -0.05) is 12.1 Å². The molecule has 0 amide bonds. The number of hydrogen-bond acceptors (Lipinski definition) is 3. The molecule has 1 aromatic carbocycles. The Bertz CT molecular complexity index is 376. The fraction of sp³-hybridized carbons (Fsp3) is 0.364. The number of benzene rings is 1. The van der Waals surface area contributed by atoms with Crippen molar-refractivity contribution < 1.29 is 14.6 Å². The number of aliphatic carboxylic acids is 1. The maximum absolute atomic E-state index is 10.5. The minimum absolute atomic E-state index is 0.178. The van der Waals surface area contributed by atoms with E-state index in [0.717, 1.165) is 28.6 Å². The van der Waals surface area contributed by atoms with Crippen LogP contribution >= 0.6 is 11.8 Å². The molecule has 1 aliphatic rings. The molecule has 1 heterocycles. The van der Waals surface area contributed by atoms with E-state index >= 15 is 0 Å². The van der Waals surface area contributed by atoms with Crippen LogP contribution in [0.2, 0.25) is 0 Å². The molecular formula is C11H12O3S. The van der Waals surface area contributed by atoms with Gasteiger partial charge in [0.2, 0.25) is 0 Å². The lowest BCUT2D eigenvalue weighted by Gasteiger charge is -2.19. The summed E-state index contributed by atoms with van der Waals surface area (Å²) in [4.78, 5) is 11.6. The van der Waals surface area contributed by atoms with Crippen molar-refractivity contribution in [2.45, 2.75) is 17.7 Å². The van der Waals surface area contributed by atoms with Gasteiger partial charge in [0.25, 0.3) is 0 Å². The Morgan fingerprint density at radius 1 is 1.53 bits per heavy atom. The van der Waals surface area contributed by atoms with Crippen LogP contribution in [0.25, 0.3) is 0 Å². The van der Waals surface area contributed by atoms with E-state index in [1.807, 2.05) is 18.2 Å². The van der Waals surface area contributed by atoms with Crippen molar-refractivity contribution in [1.82, 2.24) is 0 Å². The van der Waals surface area contributed by atoms with E-state index in [1.165, 1.54) is 0 Å². The first-order valence-electron chi connectivity index (χ1n) is 4.86. The Hall–Kier alpha value is -1.16. The van der Waals surface area contributed by atoms with Gasteiger partial charge in [0.05, 0.1) is 11.5 Å². The van der Waals surface area contributed by atoms with Crippen LogP contribution in [0, 0.1) is 0 Å². The Balaban J connectivity index is 2.19. The average molecular weight is 224 g/mol. The minimum Gasteiger partial charge on any atom is -0.492 e. The summed E-state index contributed by atoms with van der Waals surface area (Å²) in [5.74, 6) is 1.08. The molecule has 4 heteroatoms. The summed E-state index contributed by atoms with van der Waals surface area (Å²) < 4.78 is 5.50. The molecule has 0 atom stereocenters. The summed E-state index contributed by atoms with van der Waals surface area (Å²) in [7, 11) is 0. The number of hydrogen-bond donors (Lipinski definition) is 1. The molecule has 0 radical (unpaired) electrons. The molecule has 0 aromatic heterocycles. The Kier molecular flexibility index (Phi) is 3.16. The molecule has 0 aliphatic carbocycles. The number of aryl methyl sites for hydroxylation is 1. The summed E-state index contributed by atoms with van der Waals surface area (Å²) >= 11 is 1.75. The molecule has 1 aliphatic heterocycles. The SMILES string of the molecule is O=C(O)CCc1cccc2c1SCCO2. The zero-order chi connectivity index (χ0) is 10.7. The maximum Gasteiger partial charge on any atom is 0.303 e. The largest absolute Gasteiger partial charge is 0.492 e. The molecule has 80 valence electrons. The van der Waals surface area contributed by atoms with Gasteiger partial charge in [0, 0.05) is 12.2 Å².